The quantitative estimate of drug-likeness (QED) is 0.298. The van der Waals surface area contributed by atoms with E-state index in [1.807, 2.05) is 0 Å². The third-order valence-electron chi connectivity index (χ3n) is 3.58. The van der Waals surface area contributed by atoms with Crippen LogP contribution in [-0.2, 0) is 27.5 Å². The van der Waals surface area contributed by atoms with Crippen molar-refractivity contribution in [3.05, 3.63) is 59.7 Å². The molecule has 0 aliphatic carbocycles. The summed E-state index contributed by atoms with van der Waals surface area (Å²) in [6.07, 6.45) is -4.97. The molecule has 0 aliphatic heterocycles. The van der Waals surface area contributed by atoms with Gasteiger partial charge in [0.1, 0.15) is 12.3 Å². The first-order valence-electron chi connectivity index (χ1n) is 8.14. The SMILES string of the molecule is CCC(=O)Oc1ccccc1N(C=O)OCc1ccccc1CC(F)(F)F. The number of nitrogens with zero attached hydrogens (tertiary/aromatic N) is 1. The van der Waals surface area contributed by atoms with E-state index in [2.05, 4.69) is 0 Å². The number of hydroxylamine groups is 1. The molecule has 1 amide bonds. The van der Waals surface area contributed by atoms with Crippen LogP contribution in [0, 0.1) is 0 Å². The molecule has 0 atom stereocenters. The molecule has 8 heteroatoms. The molecule has 0 heterocycles. The van der Waals surface area contributed by atoms with Crippen LogP contribution in [0.4, 0.5) is 18.9 Å². The number of carbonyl (C=O) groups is 2. The smallest absolute Gasteiger partial charge is 0.393 e. The van der Waals surface area contributed by atoms with Gasteiger partial charge in [0.05, 0.1) is 6.42 Å². The Morgan fingerprint density at radius 2 is 1.70 bits per heavy atom. The highest BCUT2D eigenvalue weighted by molar-refractivity contribution is 5.80. The summed E-state index contributed by atoms with van der Waals surface area (Å²) in [5.41, 5.74) is 0.522. The van der Waals surface area contributed by atoms with Crippen LogP contribution in [0.25, 0.3) is 0 Å². The molecular formula is C19H18F3NO4. The number of anilines is 1. The number of alkyl halides is 3. The van der Waals surface area contributed by atoms with Gasteiger partial charge >= 0.3 is 12.1 Å². The van der Waals surface area contributed by atoms with Gasteiger partial charge in [-0.15, -0.1) is 0 Å². The Labute approximate surface area is 154 Å². The molecule has 0 N–H and O–H groups in total. The van der Waals surface area contributed by atoms with Crippen LogP contribution in [0.5, 0.6) is 5.75 Å². The Balaban J connectivity index is 2.18. The molecule has 0 radical (unpaired) electrons. The Morgan fingerprint density at radius 3 is 2.33 bits per heavy atom. The van der Waals surface area contributed by atoms with Crippen molar-refractivity contribution in [1.29, 1.82) is 0 Å². The van der Waals surface area contributed by atoms with E-state index >= 15 is 0 Å². The second-order valence-electron chi connectivity index (χ2n) is 5.56. The highest BCUT2D eigenvalue weighted by Crippen LogP contribution is 2.29. The van der Waals surface area contributed by atoms with Gasteiger partial charge in [0.15, 0.2) is 5.75 Å². The number of benzene rings is 2. The maximum atomic E-state index is 12.7. The molecule has 0 saturated carbocycles. The van der Waals surface area contributed by atoms with Crippen molar-refractivity contribution in [2.45, 2.75) is 32.5 Å². The molecule has 5 nitrogen and oxygen atoms in total. The number of rotatable bonds is 8. The summed E-state index contributed by atoms with van der Waals surface area (Å²) in [4.78, 5) is 28.3. The Bertz CT molecular complexity index is 793. The Hall–Kier alpha value is -2.87. The Kier molecular flexibility index (Phi) is 6.95. The number of hydrogen-bond acceptors (Lipinski definition) is 4. The number of carbonyl (C=O) groups excluding carboxylic acids is 2. The van der Waals surface area contributed by atoms with E-state index < -0.39 is 18.6 Å². The van der Waals surface area contributed by atoms with Gasteiger partial charge in [-0.3, -0.25) is 14.4 Å². The highest BCUT2D eigenvalue weighted by atomic mass is 19.4. The largest absolute Gasteiger partial charge is 0.424 e. The summed E-state index contributed by atoms with van der Waals surface area (Å²) in [5.74, 6) is -0.385. The van der Waals surface area contributed by atoms with Gasteiger partial charge in [-0.05, 0) is 23.3 Å². The Morgan fingerprint density at radius 1 is 1.07 bits per heavy atom. The van der Waals surface area contributed by atoms with Gasteiger partial charge in [0.25, 0.3) is 0 Å². The van der Waals surface area contributed by atoms with Crippen LogP contribution in [-0.4, -0.2) is 18.6 Å². The van der Waals surface area contributed by atoms with Crippen LogP contribution < -0.4 is 9.80 Å². The van der Waals surface area contributed by atoms with Gasteiger partial charge in [-0.2, -0.15) is 18.2 Å². The number of amides is 1. The van der Waals surface area contributed by atoms with Crippen molar-refractivity contribution in [2.75, 3.05) is 5.06 Å². The highest BCUT2D eigenvalue weighted by Gasteiger charge is 2.28. The van der Waals surface area contributed by atoms with Crippen LogP contribution in [0.3, 0.4) is 0 Å². The predicted molar refractivity (Wildman–Crippen MR) is 91.9 cm³/mol. The molecule has 0 unspecified atom stereocenters. The first kappa shape index (κ1) is 20.4. The number of hydrogen-bond donors (Lipinski definition) is 0. The van der Waals surface area contributed by atoms with Crippen LogP contribution in [0.1, 0.15) is 24.5 Å². The van der Waals surface area contributed by atoms with Gasteiger partial charge in [-0.25, -0.2) is 0 Å². The van der Waals surface area contributed by atoms with E-state index in [-0.39, 0.29) is 30.0 Å². The van der Waals surface area contributed by atoms with Gasteiger partial charge in [0, 0.05) is 6.42 Å². The molecule has 2 aromatic rings. The molecule has 144 valence electrons. The van der Waals surface area contributed by atoms with Gasteiger partial charge in [-0.1, -0.05) is 43.3 Å². The zero-order chi connectivity index (χ0) is 19.9. The monoisotopic (exact) mass is 381 g/mol. The lowest BCUT2D eigenvalue weighted by atomic mass is 10.1. The molecule has 0 bridgehead atoms. The summed E-state index contributed by atoms with van der Waals surface area (Å²) in [7, 11) is 0. The summed E-state index contributed by atoms with van der Waals surface area (Å²) in [6.45, 7) is 1.36. The maximum absolute atomic E-state index is 12.7. The van der Waals surface area contributed by atoms with Crippen LogP contribution in [0.2, 0.25) is 0 Å². The molecule has 27 heavy (non-hydrogen) atoms. The topological polar surface area (TPSA) is 55.8 Å². The first-order valence-corrected chi connectivity index (χ1v) is 8.14. The van der Waals surface area contributed by atoms with Crippen molar-refractivity contribution in [1.82, 2.24) is 0 Å². The van der Waals surface area contributed by atoms with Crippen molar-refractivity contribution in [3.63, 3.8) is 0 Å². The standard InChI is InChI=1S/C19H18F3NO4/c1-2-18(25)27-17-10-6-5-9-16(17)23(13-24)26-12-15-8-4-3-7-14(15)11-19(20,21)22/h3-10,13H,2,11-12H2,1H3. The van der Waals surface area contributed by atoms with Crippen LogP contribution >= 0.6 is 0 Å². The second kappa shape index (κ2) is 9.18. The fourth-order valence-electron chi connectivity index (χ4n) is 2.30. The molecule has 0 saturated heterocycles. The van der Waals surface area contributed by atoms with Crippen molar-refractivity contribution < 1.29 is 32.3 Å². The molecule has 0 aromatic heterocycles. The minimum absolute atomic E-state index is 0.0570. The predicted octanol–water partition coefficient (Wildman–Crippen LogP) is 4.20. The van der Waals surface area contributed by atoms with Crippen LogP contribution in [0.15, 0.2) is 48.5 Å². The summed E-state index contributed by atoms with van der Waals surface area (Å²) < 4.78 is 43.3. The van der Waals surface area contributed by atoms with Crippen molar-refractivity contribution >= 4 is 18.1 Å². The van der Waals surface area contributed by atoms with Crippen molar-refractivity contribution in [3.8, 4) is 5.75 Å². The number of ether oxygens (including phenoxy) is 1. The second-order valence-corrected chi connectivity index (χ2v) is 5.56. The fourth-order valence-corrected chi connectivity index (χ4v) is 2.30. The third kappa shape index (κ3) is 6.10. The number of halogens is 3. The normalized spacial score (nSPS) is 11.1. The number of para-hydroxylation sites is 2. The zero-order valence-electron chi connectivity index (χ0n) is 14.5. The van der Waals surface area contributed by atoms with E-state index in [0.717, 1.165) is 5.06 Å². The summed E-state index contributed by atoms with van der Waals surface area (Å²) in [5, 5.41) is 0.822. The first-order chi connectivity index (χ1) is 12.8. The molecule has 0 spiro atoms. The van der Waals surface area contributed by atoms with Gasteiger partial charge in [0.2, 0.25) is 6.41 Å². The maximum Gasteiger partial charge on any atom is 0.393 e. The molecule has 0 fully saturated rings. The van der Waals surface area contributed by atoms with E-state index in [1.54, 1.807) is 25.1 Å². The fraction of sp³-hybridized carbons (Fsp3) is 0.263. The van der Waals surface area contributed by atoms with E-state index in [0.29, 0.717) is 12.0 Å². The molecule has 2 aromatic carbocycles. The van der Waals surface area contributed by atoms with E-state index in [4.69, 9.17) is 9.57 Å². The summed E-state index contributed by atoms with van der Waals surface area (Å²) in [6, 6.07) is 12.1. The zero-order valence-corrected chi connectivity index (χ0v) is 14.5. The minimum atomic E-state index is -4.36. The number of esters is 1. The minimum Gasteiger partial charge on any atom is -0.424 e. The lowest BCUT2D eigenvalue weighted by Crippen LogP contribution is -2.23. The van der Waals surface area contributed by atoms with Gasteiger partial charge < -0.3 is 4.74 Å². The van der Waals surface area contributed by atoms with E-state index in [1.165, 1.54) is 30.3 Å². The average molecular weight is 381 g/mol. The van der Waals surface area contributed by atoms with Crippen molar-refractivity contribution in [2.24, 2.45) is 0 Å². The summed E-state index contributed by atoms with van der Waals surface area (Å²) >= 11 is 0. The molecular weight excluding hydrogens is 363 g/mol. The third-order valence-corrected chi connectivity index (χ3v) is 3.58. The molecule has 2 rings (SSSR count). The van der Waals surface area contributed by atoms with E-state index in [9.17, 15) is 22.8 Å². The lowest BCUT2D eigenvalue weighted by molar-refractivity contribution is -0.134. The lowest BCUT2D eigenvalue weighted by Gasteiger charge is -2.20. The average Bonchev–Trinajstić information content (AvgIpc) is 2.63. The molecule has 0 aliphatic rings.